The molecule has 1 aliphatic carbocycles. The molecule has 0 spiro atoms. The summed E-state index contributed by atoms with van der Waals surface area (Å²) < 4.78 is 0. The summed E-state index contributed by atoms with van der Waals surface area (Å²) in [7, 11) is 0. The zero-order chi connectivity index (χ0) is 14.9. The highest BCUT2D eigenvalue weighted by Crippen LogP contribution is 2.45. The van der Waals surface area contributed by atoms with Crippen LogP contribution in [0.2, 0.25) is 0 Å². The Morgan fingerprint density at radius 2 is 1.48 bits per heavy atom. The molecule has 0 radical (unpaired) electrons. The second kappa shape index (κ2) is 6.10. The molecule has 1 heterocycles. The van der Waals surface area contributed by atoms with Gasteiger partial charge in [0.15, 0.2) is 0 Å². The van der Waals surface area contributed by atoms with Gasteiger partial charge >= 0.3 is 0 Å². The van der Waals surface area contributed by atoms with E-state index >= 15 is 0 Å². The van der Waals surface area contributed by atoms with Crippen molar-refractivity contribution in [3.8, 4) is 0 Å². The van der Waals surface area contributed by atoms with Crippen LogP contribution in [-0.2, 0) is 0 Å². The third-order valence-electron chi connectivity index (χ3n) is 5.52. The van der Waals surface area contributed by atoms with Crippen molar-refractivity contribution in [3.63, 3.8) is 0 Å². The molecule has 2 heteroatoms. The second-order valence-corrected chi connectivity index (χ2v) is 7.18. The summed E-state index contributed by atoms with van der Waals surface area (Å²) in [5.41, 5.74) is 3.65. The van der Waals surface area contributed by atoms with Crippen molar-refractivity contribution in [1.29, 1.82) is 0 Å². The molecular weight excluding hydrogens is 258 g/mol. The van der Waals surface area contributed by atoms with Gasteiger partial charge in [0.2, 0.25) is 0 Å². The minimum absolute atomic E-state index is 0.000648. The van der Waals surface area contributed by atoms with Gasteiger partial charge in [-0.25, -0.2) is 0 Å². The Morgan fingerprint density at radius 3 is 2.05 bits per heavy atom. The summed E-state index contributed by atoms with van der Waals surface area (Å²) in [5, 5.41) is 11.2. The SMILES string of the molecule is Cc1cc(C)cc(C(O)C2(N3CCCCC3)CCCC2)c1. The Morgan fingerprint density at radius 1 is 0.905 bits per heavy atom. The van der Waals surface area contributed by atoms with Gasteiger partial charge in [-0.3, -0.25) is 4.90 Å². The average molecular weight is 287 g/mol. The lowest BCUT2D eigenvalue weighted by Crippen LogP contribution is -2.53. The number of aryl methyl sites for hydroxylation is 2. The van der Waals surface area contributed by atoms with E-state index in [1.807, 2.05) is 0 Å². The Kier molecular flexibility index (Phi) is 4.37. The molecule has 2 nitrogen and oxygen atoms in total. The number of likely N-dealkylation sites (tertiary alicyclic amines) is 1. The van der Waals surface area contributed by atoms with Crippen LogP contribution in [0.3, 0.4) is 0 Å². The molecule has 0 amide bonds. The molecule has 3 rings (SSSR count). The van der Waals surface area contributed by atoms with Crippen molar-refractivity contribution < 1.29 is 5.11 Å². The number of nitrogens with zero attached hydrogens (tertiary/aromatic N) is 1. The van der Waals surface area contributed by atoms with Crippen LogP contribution in [0.25, 0.3) is 0 Å². The van der Waals surface area contributed by atoms with Gasteiger partial charge in [-0.05, 0) is 58.2 Å². The molecule has 1 aliphatic heterocycles. The number of hydrogen-bond acceptors (Lipinski definition) is 2. The summed E-state index contributed by atoms with van der Waals surface area (Å²) in [4.78, 5) is 2.62. The zero-order valence-corrected chi connectivity index (χ0v) is 13.6. The maximum atomic E-state index is 11.2. The van der Waals surface area contributed by atoms with Crippen molar-refractivity contribution in [2.75, 3.05) is 13.1 Å². The Hall–Kier alpha value is -0.860. The number of piperidine rings is 1. The second-order valence-electron chi connectivity index (χ2n) is 7.18. The smallest absolute Gasteiger partial charge is 0.0973 e. The molecular formula is C19H29NO. The quantitative estimate of drug-likeness (QED) is 0.903. The van der Waals surface area contributed by atoms with E-state index in [0.717, 1.165) is 18.4 Å². The fourth-order valence-corrected chi connectivity index (χ4v) is 4.57. The number of aliphatic hydroxyl groups excluding tert-OH is 1. The lowest BCUT2D eigenvalue weighted by atomic mass is 9.82. The van der Waals surface area contributed by atoms with Crippen LogP contribution >= 0.6 is 0 Å². The van der Waals surface area contributed by atoms with Gasteiger partial charge in [-0.2, -0.15) is 0 Å². The summed E-state index contributed by atoms with van der Waals surface area (Å²) in [6.07, 6.45) is 8.44. The molecule has 2 fully saturated rings. The fourth-order valence-electron chi connectivity index (χ4n) is 4.57. The molecule has 1 aromatic rings. The molecule has 1 atom stereocenters. The van der Waals surface area contributed by atoms with E-state index in [-0.39, 0.29) is 11.6 Å². The summed E-state index contributed by atoms with van der Waals surface area (Å²) in [6.45, 7) is 6.60. The van der Waals surface area contributed by atoms with Gasteiger partial charge in [-0.15, -0.1) is 0 Å². The Labute approximate surface area is 129 Å². The first-order valence-corrected chi connectivity index (χ1v) is 8.63. The van der Waals surface area contributed by atoms with E-state index in [4.69, 9.17) is 0 Å². The lowest BCUT2D eigenvalue weighted by molar-refractivity contribution is -0.0405. The predicted molar refractivity (Wildman–Crippen MR) is 87.5 cm³/mol. The molecule has 1 N–H and O–H groups in total. The molecule has 1 saturated carbocycles. The first kappa shape index (κ1) is 15.1. The first-order chi connectivity index (χ1) is 10.1. The van der Waals surface area contributed by atoms with Crippen molar-refractivity contribution >= 4 is 0 Å². The normalized spacial score (nSPS) is 24.1. The van der Waals surface area contributed by atoms with Crippen molar-refractivity contribution in [3.05, 3.63) is 34.9 Å². The van der Waals surface area contributed by atoms with Gasteiger partial charge in [0.25, 0.3) is 0 Å². The molecule has 1 unspecified atom stereocenters. The standard InChI is InChI=1S/C19H29NO/c1-15-12-16(2)14-17(13-15)18(21)19(8-4-5-9-19)20-10-6-3-7-11-20/h12-14,18,21H,3-11H2,1-2H3. The van der Waals surface area contributed by atoms with Gasteiger partial charge in [0.05, 0.1) is 11.6 Å². The van der Waals surface area contributed by atoms with Gasteiger partial charge < -0.3 is 5.11 Å². The molecule has 0 bridgehead atoms. The van der Waals surface area contributed by atoms with Crippen LogP contribution in [0.4, 0.5) is 0 Å². The highest BCUT2D eigenvalue weighted by atomic mass is 16.3. The van der Waals surface area contributed by atoms with E-state index in [0.29, 0.717) is 0 Å². The maximum Gasteiger partial charge on any atom is 0.0973 e. The lowest BCUT2D eigenvalue weighted by Gasteiger charge is -2.46. The molecule has 1 saturated heterocycles. The summed E-state index contributed by atoms with van der Waals surface area (Å²) in [6, 6.07) is 6.56. The highest BCUT2D eigenvalue weighted by Gasteiger charge is 2.46. The topological polar surface area (TPSA) is 23.5 Å². The maximum absolute atomic E-state index is 11.2. The largest absolute Gasteiger partial charge is 0.386 e. The zero-order valence-electron chi connectivity index (χ0n) is 13.6. The van der Waals surface area contributed by atoms with Crippen molar-refractivity contribution in [2.45, 2.75) is 70.4 Å². The van der Waals surface area contributed by atoms with Crippen LogP contribution in [0.5, 0.6) is 0 Å². The van der Waals surface area contributed by atoms with E-state index in [1.165, 1.54) is 56.3 Å². The van der Waals surface area contributed by atoms with Crippen LogP contribution in [0, 0.1) is 13.8 Å². The van der Waals surface area contributed by atoms with Gasteiger partial charge in [-0.1, -0.05) is 48.6 Å². The highest BCUT2D eigenvalue weighted by molar-refractivity contribution is 5.32. The Bertz CT molecular complexity index is 464. The molecule has 116 valence electrons. The Balaban J connectivity index is 1.92. The fraction of sp³-hybridized carbons (Fsp3) is 0.684. The molecule has 1 aromatic carbocycles. The molecule has 0 aromatic heterocycles. The monoisotopic (exact) mass is 287 g/mol. The van der Waals surface area contributed by atoms with E-state index in [2.05, 4.69) is 36.9 Å². The summed E-state index contributed by atoms with van der Waals surface area (Å²) in [5.74, 6) is 0. The average Bonchev–Trinajstić information content (AvgIpc) is 2.97. The van der Waals surface area contributed by atoms with Crippen LogP contribution in [0.1, 0.15) is 67.7 Å². The third kappa shape index (κ3) is 2.89. The van der Waals surface area contributed by atoms with Crippen molar-refractivity contribution in [2.24, 2.45) is 0 Å². The van der Waals surface area contributed by atoms with E-state index in [1.54, 1.807) is 0 Å². The first-order valence-electron chi connectivity index (χ1n) is 8.63. The van der Waals surface area contributed by atoms with E-state index < -0.39 is 0 Å². The number of aliphatic hydroxyl groups is 1. The predicted octanol–water partition coefficient (Wildman–Crippen LogP) is 4.14. The van der Waals surface area contributed by atoms with Crippen molar-refractivity contribution in [1.82, 2.24) is 4.90 Å². The minimum atomic E-state index is -0.336. The van der Waals surface area contributed by atoms with Gasteiger partial charge in [0.1, 0.15) is 0 Å². The number of benzene rings is 1. The minimum Gasteiger partial charge on any atom is -0.386 e. The molecule has 2 aliphatic rings. The number of rotatable bonds is 3. The summed E-state index contributed by atoms with van der Waals surface area (Å²) >= 11 is 0. The van der Waals surface area contributed by atoms with Gasteiger partial charge in [0, 0.05) is 0 Å². The molecule has 21 heavy (non-hydrogen) atoms. The third-order valence-corrected chi connectivity index (χ3v) is 5.52. The van der Waals surface area contributed by atoms with E-state index in [9.17, 15) is 5.11 Å². The van der Waals surface area contributed by atoms with Crippen LogP contribution in [-0.4, -0.2) is 28.6 Å². The van der Waals surface area contributed by atoms with Crippen LogP contribution < -0.4 is 0 Å². The number of hydrogen-bond donors (Lipinski definition) is 1. The van der Waals surface area contributed by atoms with Crippen LogP contribution in [0.15, 0.2) is 18.2 Å².